The number of nitrogens with one attached hydrogen (secondary N) is 1. The standard InChI is InChI=1S/C30H30N4O2S/c1-35-23-15-17-25(18-16-23)36-24-13-11-22(12-14-24)34-29(27-10-6-20-33(27)21-7-2-3-8-21)28(32-30(34)37)26-9-4-5-19-31-26/h4-6,9-21,28-29H,2-3,7-8H2,1H3,(H,32,37)/t28-,29+/m1/s1. The van der Waals surface area contributed by atoms with Crippen LogP contribution in [0.3, 0.4) is 0 Å². The van der Waals surface area contributed by atoms with Gasteiger partial charge in [-0.2, -0.15) is 0 Å². The predicted octanol–water partition coefficient (Wildman–Crippen LogP) is 6.98. The average Bonchev–Trinajstić information content (AvgIpc) is 3.70. The third-order valence-electron chi connectivity index (χ3n) is 7.34. The largest absolute Gasteiger partial charge is 0.497 e. The molecule has 1 aliphatic heterocycles. The number of pyridine rings is 1. The summed E-state index contributed by atoms with van der Waals surface area (Å²) in [6.45, 7) is 0. The summed E-state index contributed by atoms with van der Waals surface area (Å²) >= 11 is 5.92. The summed E-state index contributed by atoms with van der Waals surface area (Å²) in [5.41, 5.74) is 3.26. The maximum absolute atomic E-state index is 6.06. The topological polar surface area (TPSA) is 51.6 Å². The molecule has 7 heteroatoms. The van der Waals surface area contributed by atoms with E-state index in [1.165, 1.54) is 31.4 Å². The molecule has 6 rings (SSSR count). The second kappa shape index (κ2) is 10.3. The summed E-state index contributed by atoms with van der Waals surface area (Å²) < 4.78 is 13.8. The van der Waals surface area contributed by atoms with Gasteiger partial charge in [-0.15, -0.1) is 0 Å². The number of hydrogen-bond acceptors (Lipinski definition) is 4. The zero-order chi connectivity index (χ0) is 25.2. The Hall–Kier alpha value is -3.84. The molecule has 0 bridgehead atoms. The Kier molecular flexibility index (Phi) is 6.53. The third-order valence-corrected chi connectivity index (χ3v) is 7.66. The van der Waals surface area contributed by atoms with Crippen LogP contribution in [0, 0.1) is 0 Å². The van der Waals surface area contributed by atoms with E-state index in [2.05, 4.69) is 51.3 Å². The van der Waals surface area contributed by atoms with Crippen LogP contribution in [0.5, 0.6) is 17.2 Å². The highest BCUT2D eigenvalue weighted by molar-refractivity contribution is 7.80. The van der Waals surface area contributed by atoms with Crippen molar-refractivity contribution >= 4 is 23.0 Å². The Morgan fingerprint density at radius 2 is 1.57 bits per heavy atom. The second-order valence-electron chi connectivity index (χ2n) is 9.55. The lowest BCUT2D eigenvalue weighted by Crippen LogP contribution is -2.30. The lowest BCUT2D eigenvalue weighted by Gasteiger charge is -2.30. The first-order chi connectivity index (χ1) is 18.2. The molecule has 37 heavy (non-hydrogen) atoms. The summed E-state index contributed by atoms with van der Waals surface area (Å²) in [4.78, 5) is 6.93. The van der Waals surface area contributed by atoms with Gasteiger partial charge in [-0.1, -0.05) is 18.9 Å². The molecule has 1 saturated carbocycles. The highest BCUT2D eigenvalue weighted by Crippen LogP contribution is 2.44. The maximum atomic E-state index is 6.06. The van der Waals surface area contributed by atoms with Crippen LogP contribution in [0.15, 0.2) is 91.3 Å². The molecule has 2 atom stereocenters. The van der Waals surface area contributed by atoms with E-state index in [1.807, 2.05) is 54.7 Å². The highest BCUT2D eigenvalue weighted by atomic mass is 32.1. The molecule has 2 aliphatic rings. The van der Waals surface area contributed by atoms with Crippen LogP contribution >= 0.6 is 12.2 Å². The number of rotatable bonds is 7. The minimum Gasteiger partial charge on any atom is -0.497 e. The quantitative estimate of drug-likeness (QED) is 0.271. The molecule has 6 nitrogen and oxygen atoms in total. The lowest BCUT2D eigenvalue weighted by atomic mass is 10.00. The van der Waals surface area contributed by atoms with Gasteiger partial charge in [-0.05, 0) is 97.9 Å². The zero-order valence-corrected chi connectivity index (χ0v) is 21.6. The molecule has 1 N–H and O–H groups in total. The number of nitrogens with zero attached hydrogens (tertiary/aromatic N) is 3. The Labute approximate surface area is 222 Å². The normalized spacial score (nSPS) is 19.7. The van der Waals surface area contributed by atoms with E-state index in [4.69, 9.17) is 26.7 Å². The van der Waals surface area contributed by atoms with Crippen LogP contribution in [0.2, 0.25) is 0 Å². The Morgan fingerprint density at radius 3 is 2.24 bits per heavy atom. The molecule has 0 spiro atoms. The smallest absolute Gasteiger partial charge is 0.174 e. The molecule has 188 valence electrons. The molecule has 1 aliphatic carbocycles. The average molecular weight is 511 g/mol. The van der Waals surface area contributed by atoms with Crippen LogP contribution in [-0.4, -0.2) is 21.8 Å². The van der Waals surface area contributed by atoms with Crippen LogP contribution in [0.4, 0.5) is 5.69 Å². The number of aromatic nitrogens is 2. The van der Waals surface area contributed by atoms with Crippen molar-refractivity contribution in [1.82, 2.24) is 14.9 Å². The maximum Gasteiger partial charge on any atom is 0.174 e. The Balaban J connectivity index is 1.33. The van der Waals surface area contributed by atoms with Crippen molar-refractivity contribution in [3.63, 3.8) is 0 Å². The third kappa shape index (κ3) is 4.67. The summed E-state index contributed by atoms with van der Waals surface area (Å²) in [6, 6.07) is 26.6. The fraction of sp³-hybridized carbons (Fsp3) is 0.267. The Bertz CT molecular complexity index is 1350. The number of benzene rings is 2. The SMILES string of the molecule is COc1ccc(Oc2ccc(N3C(=S)N[C@H](c4ccccn4)[C@@H]3c3cccn3C3CCCC3)cc2)cc1. The van der Waals surface area contributed by atoms with Crippen molar-refractivity contribution in [2.75, 3.05) is 12.0 Å². The van der Waals surface area contributed by atoms with Gasteiger partial charge in [0, 0.05) is 29.8 Å². The number of methoxy groups -OCH3 is 1. The molecule has 2 aromatic heterocycles. The van der Waals surface area contributed by atoms with Crippen LogP contribution < -0.4 is 19.7 Å². The Morgan fingerprint density at radius 1 is 0.865 bits per heavy atom. The summed E-state index contributed by atoms with van der Waals surface area (Å²) in [5.74, 6) is 2.32. The van der Waals surface area contributed by atoms with Gasteiger partial charge < -0.3 is 24.3 Å². The molecule has 2 aromatic carbocycles. The van der Waals surface area contributed by atoms with Crippen molar-refractivity contribution < 1.29 is 9.47 Å². The minimum atomic E-state index is -0.0565. The van der Waals surface area contributed by atoms with Crippen LogP contribution in [0.1, 0.15) is 55.2 Å². The van der Waals surface area contributed by atoms with Gasteiger partial charge in [-0.3, -0.25) is 4.98 Å². The predicted molar refractivity (Wildman–Crippen MR) is 149 cm³/mol. The van der Waals surface area contributed by atoms with Gasteiger partial charge in [0.1, 0.15) is 23.3 Å². The highest BCUT2D eigenvalue weighted by Gasteiger charge is 2.42. The van der Waals surface area contributed by atoms with E-state index in [9.17, 15) is 0 Å². The minimum absolute atomic E-state index is 0.0219. The first-order valence-corrected chi connectivity index (χ1v) is 13.2. The van der Waals surface area contributed by atoms with Gasteiger partial charge in [0.25, 0.3) is 0 Å². The first-order valence-electron chi connectivity index (χ1n) is 12.8. The summed E-state index contributed by atoms with van der Waals surface area (Å²) in [5, 5.41) is 4.28. The molecule has 3 heterocycles. The van der Waals surface area contributed by atoms with Crippen molar-refractivity contribution in [2.45, 2.75) is 43.8 Å². The van der Waals surface area contributed by atoms with Crippen LogP contribution in [0.25, 0.3) is 0 Å². The number of anilines is 1. The van der Waals surface area contributed by atoms with Crippen molar-refractivity contribution in [3.8, 4) is 17.2 Å². The fourth-order valence-corrected chi connectivity index (χ4v) is 5.91. The summed E-state index contributed by atoms with van der Waals surface area (Å²) in [6.07, 6.45) is 9.09. The van der Waals surface area contributed by atoms with E-state index in [0.717, 1.165) is 28.6 Å². The van der Waals surface area contributed by atoms with E-state index in [0.29, 0.717) is 11.2 Å². The van der Waals surface area contributed by atoms with Gasteiger partial charge in [0.2, 0.25) is 0 Å². The van der Waals surface area contributed by atoms with Gasteiger partial charge >= 0.3 is 0 Å². The van der Waals surface area contributed by atoms with Gasteiger partial charge in [-0.25, -0.2) is 0 Å². The second-order valence-corrected chi connectivity index (χ2v) is 9.93. The number of ether oxygens (including phenoxy) is 2. The van der Waals surface area contributed by atoms with E-state index in [1.54, 1.807) is 7.11 Å². The van der Waals surface area contributed by atoms with Crippen molar-refractivity contribution in [2.24, 2.45) is 0 Å². The van der Waals surface area contributed by atoms with Gasteiger partial charge in [0.15, 0.2) is 5.11 Å². The number of thiocarbonyl (C=S) groups is 1. The molecule has 1 saturated heterocycles. The van der Waals surface area contributed by atoms with E-state index in [-0.39, 0.29) is 12.1 Å². The first kappa shape index (κ1) is 23.6. The molecule has 4 aromatic rings. The molecule has 0 amide bonds. The number of hydrogen-bond donors (Lipinski definition) is 1. The molecular weight excluding hydrogens is 480 g/mol. The zero-order valence-electron chi connectivity index (χ0n) is 20.8. The molecule has 0 radical (unpaired) electrons. The molecule has 2 fully saturated rings. The van der Waals surface area contributed by atoms with Crippen molar-refractivity contribution in [3.05, 3.63) is 103 Å². The van der Waals surface area contributed by atoms with Crippen molar-refractivity contribution in [1.29, 1.82) is 0 Å². The fourth-order valence-electron chi connectivity index (χ4n) is 5.56. The van der Waals surface area contributed by atoms with Crippen LogP contribution in [-0.2, 0) is 0 Å². The molecule has 0 unspecified atom stereocenters. The van der Waals surface area contributed by atoms with Gasteiger partial charge in [0.05, 0.1) is 18.8 Å². The lowest BCUT2D eigenvalue weighted by molar-refractivity contribution is 0.413. The molecular formula is C30H30N4O2S. The monoisotopic (exact) mass is 510 g/mol. The summed E-state index contributed by atoms with van der Waals surface area (Å²) in [7, 11) is 1.66. The van der Waals surface area contributed by atoms with E-state index < -0.39 is 0 Å². The van der Waals surface area contributed by atoms with E-state index >= 15 is 0 Å².